The average molecular weight is 239 g/mol. The summed E-state index contributed by atoms with van der Waals surface area (Å²) in [6.45, 7) is 0.400. The molecule has 82 valence electrons. The highest BCUT2D eigenvalue weighted by Gasteiger charge is 2.12. The Labute approximate surface area is 88.5 Å². The van der Waals surface area contributed by atoms with Crippen LogP contribution < -0.4 is 10.2 Å². The van der Waals surface area contributed by atoms with Crippen LogP contribution in [0.4, 0.5) is 0 Å². The summed E-state index contributed by atoms with van der Waals surface area (Å²) in [5.41, 5.74) is 2.15. The SMILES string of the molecule is CS(=O)(=O)NCCCC1=NC(S)ON1. The summed E-state index contributed by atoms with van der Waals surface area (Å²) in [5.74, 6) is 0.695. The lowest BCUT2D eigenvalue weighted by Gasteiger charge is -2.01. The highest BCUT2D eigenvalue weighted by atomic mass is 32.2. The second kappa shape index (κ2) is 4.96. The van der Waals surface area contributed by atoms with Gasteiger partial charge in [0, 0.05) is 13.0 Å². The van der Waals surface area contributed by atoms with Crippen LogP contribution in [0.5, 0.6) is 0 Å². The second-order valence-corrected chi connectivity index (χ2v) is 5.17. The van der Waals surface area contributed by atoms with Crippen LogP contribution >= 0.6 is 12.6 Å². The summed E-state index contributed by atoms with van der Waals surface area (Å²) in [5, 5.41) is 0. The van der Waals surface area contributed by atoms with Crippen molar-refractivity contribution in [1.29, 1.82) is 0 Å². The van der Waals surface area contributed by atoms with Gasteiger partial charge in [0.25, 0.3) is 0 Å². The van der Waals surface area contributed by atoms with Gasteiger partial charge in [0.1, 0.15) is 5.84 Å². The van der Waals surface area contributed by atoms with Gasteiger partial charge in [-0.1, -0.05) is 0 Å². The summed E-state index contributed by atoms with van der Waals surface area (Å²) in [6.07, 6.45) is 2.44. The van der Waals surface area contributed by atoms with Crippen molar-refractivity contribution >= 4 is 28.5 Å². The van der Waals surface area contributed by atoms with Crippen molar-refractivity contribution < 1.29 is 13.3 Å². The van der Waals surface area contributed by atoms with Gasteiger partial charge in [-0.05, 0) is 6.42 Å². The molecular formula is C6H13N3O3S2. The number of hydrogen-bond acceptors (Lipinski definition) is 6. The predicted octanol–water partition coefficient (Wildman–Crippen LogP) is -0.538. The lowest BCUT2D eigenvalue weighted by molar-refractivity contribution is 0.0928. The number of aliphatic imine (C=N–C) groups is 1. The molecule has 1 aliphatic heterocycles. The van der Waals surface area contributed by atoms with E-state index in [2.05, 4.69) is 27.8 Å². The molecule has 8 heteroatoms. The van der Waals surface area contributed by atoms with Gasteiger partial charge >= 0.3 is 0 Å². The van der Waals surface area contributed by atoms with Crippen molar-refractivity contribution in [2.24, 2.45) is 4.99 Å². The number of rotatable bonds is 5. The van der Waals surface area contributed by atoms with Crippen molar-refractivity contribution in [2.75, 3.05) is 12.8 Å². The highest BCUT2D eigenvalue weighted by molar-refractivity contribution is 7.88. The smallest absolute Gasteiger partial charge is 0.220 e. The molecule has 0 aromatic carbocycles. The minimum absolute atomic E-state index is 0.400. The molecule has 0 bridgehead atoms. The summed E-state index contributed by atoms with van der Waals surface area (Å²) in [7, 11) is -3.09. The Morgan fingerprint density at radius 1 is 1.71 bits per heavy atom. The van der Waals surface area contributed by atoms with E-state index in [-0.39, 0.29) is 0 Å². The molecule has 6 nitrogen and oxygen atoms in total. The van der Waals surface area contributed by atoms with E-state index in [4.69, 9.17) is 4.84 Å². The van der Waals surface area contributed by atoms with Crippen LogP contribution in [0.25, 0.3) is 0 Å². The fourth-order valence-electron chi connectivity index (χ4n) is 0.936. The Morgan fingerprint density at radius 3 is 2.93 bits per heavy atom. The van der Waals surface area contributed by atoms with Crippen molar-refractivity contribution in [1.82, 2.24) is 10.2 Å². The first-order valence-electron chi connectivity index (χ1n) is 4.08. The van der Waals surface area contributed by atoms with Gasteiger partial charge < -0.3 is 0 Å². The largest absolute Gasteiger partial charge is 0.250 e. The maximum absolute atomic E-state index is 10.7. The van der Waals surface area contributed by atoms with Gasteiger partial charge in [0.05, 0.1) is 6.26 Å². The van der Waals surface area contributed by atoms with Crippen molar-refractivity contribution in [3.8, 4) is 0 Å². The first-order chi connectivity index (χ1) is 6.47. The van der Waals surface area contributed by atoms with Crippen LogP contribution in [-0.2, 0) is 14.9 Å². The highest BCUT2D eigenvalue weighted by Crippen LogP contribution is 2.06. The van der Waals surface area contributed by atoms with Gasteiger partial charge in [-0.25, -0.2) is 28.4 Å². The number of sulfonamides is 1. The minimum atomic E-state index is -3.09. The fraction of sp³-hybridized carbons (Fsp3) is 0.833. The van der Waals surface area contributed by atoms with Crippen LogP contribution in [0, 0.1) is 0 Å². The van der Waals surface area contributed by atoms with Crippen LogP contribution in [0.3, 0.4) is 0 Å². The van der Waals surface area contributed by atoms with E-state index in [0.29, 0.717) is 25.2 Å². The third-order valence-electron chi connectivity index (χ3n) is 1.50. The Hall–Kier alpha value is -0.310. The molecule has 14 heavy (non-hydrogen) atoms. The third-order valence-corrected chi connectivity index (χ3v) is 2.45. The fourth-order valence-corrected chi connectivity index (χ4v) is 1.64. The Bertz CT molecular complexity index is 314. The van der Waals surface area contributed by atoms with Crippen molar-refractivity contribution in [3.05, 3.63) is 0 Å². The van der Waals surface area contributed by atoms with E-state index in [1.165, 1.54) is 0 Å². The van der Waals surface area contributed by atoms with E-state index in [1.807, 2.05) is 0 Å². The van der Waals surface area contributed by atoms with Crippen LogP contribution in [0.15, 0.2) is 4.99 Å². The van der Waals surface area contributed by atoms with Crippen molar-refractivity contribution in [3.63, 3.8) is 0 Å². The summed E-state index contributed by atoms with van der Waals surface area (Å²) >= 11 is 3.96. The third kappa shape index (κ3) is 4.80. The van der Waals surface area contributed by atoms with Gasteiger partial charge in [-0.3, -0.25) is 0 Å². The molecule has 0 amide bonds. The molecule has 0 aromatic rings. The first kappa shape index (κ1) is 11.8. The minimum Gasteiger partial charge on any atom is -0.250 e. The molecule has 0 saturated heterocycles. The van der Waals surface area contributed by atoms with Crippen LogP contribution in [-0.4, -0.2) is 32.6 Å². The molecule has 1 heterocycles. The second-order valence-electron chi connectivity index (χ2n) is 2.89. The standard InChI is InChI=1S/C6H13N3O3S2/c1-14(10,11)7-4-2-3-5-8-6(13)12-9-5/h6-7,13H,2-4H2,1H3,(H,8,9). The Balaban J connectivity index is 2.13. The van der Waals surface area contributed by atoms with Gasteiger partial charge in [-0.15, -0.1) is 12.6 Å². The molecule has 0 radical (unpaired) electrons. The zero-order chi connectivity index (χ0) is 10.6. The monoisotopic (exact) mass is 239 g/mol. The normalized spacial score (nSPS) is 21.9. The van der Waals surface area contributed by atoms with E-state index in [1.54, 1.807) is 0 Å². The quantitative estimate of drug-likeness (QED) is 0.445. The van der Waals surface area contributed by atoms with E-state index < -0.39 is 15.6 Å². The number of nitrogens with one attached hydrogen (secondary N) is 2. The molecule has 0 saturated carbocycles. The molecule has 0 aliphatic carbocycles. The molecule has 1 rings (SSSR count). The topological polar surface area (TPSA) is 79.8 Å². The van der Waals surface area contributed by atoms with Gasteiger partial charge in [0.15, 0.2) is 0 Å². The van der Waals surface area contributed by atoms with Crippen LogP contribution in [0.2, 0.25) is 0 Å². The number of hydroxylamine groups is 1. The molecule has 0 spiro atoms. The maximum atomic E-state index is 10.7. The number of hydrogen-bond donors (Lipinski definition) is 3. The summed E-state index contributed by atoms with van der Waals surface area (Å²) in [6, 6.07) is 0. The zero-order valence-electron chi connectivity index (χ0n) is 7.73. The van der Waals surface area contributed by atoms with Crippen LogP contribution in [0.1, 0.15) is 12.8 Å². The van der Waals surface area contributed by atoms with E-state index in [0.717, 1.165) is 6.26 Å². The lowest BCUT2D eigenvalue weighted by Crippen LogP contribution is -2.24. The van der Waals surface area contributed by atoms with E-state index >= 15 is 0 Å². The lowest BCUT2D eigenvalue weighted by atomic mass is 10.3. The summed E-state index contributed by atoms with van der Waals surface area (Å²) < 4.78 is 23.8. The molecule has 1 unspecified atom stereocenters. The van der Waals surface area contributed by atoms with E-state index in [9.17, 15) is 8.42 Å². The summed E-state index contributed by atoms with van der Waals surface area (Å²) in [4.78, 5) is 8.83. The van der Waals surface area contributed by atoms with Crippen molar-refractivity contribution in [2.45, 2.75) is 18.4 Å². The zero-order valence-corrected chi connectivity index (χ0v) is 9.44. The molecule has 0 aromatic heterocycles. The molecule has 1 atom stereocenters. The average Bonchev–Trinajstić information content (AvgIpc) is 2.44. The number of amidine groups is 1. The Morgan fingerprint density at radius 2 is 2.43 bits per heavy atom. The first-order valence-corrected chi connectivity index (χ1v) is 6.49. The Kier molecular flexibility index (Phi) is 4.17. The molecule has 0 fully saturated rings. The van der Waals surface area contributed by atoms with Gasteiger partial charge in [0.2, 0.25) is 15.6 Å². The molecular weight excluding hydrogens is 226 g/mol. The van der Waals surface area contributed by atoms with Gasteiger partial charge in [-0.2, -0.15) is 0 Å². The predicted molar refractivity (Wildman–Crippen MR) is 56.5 cm³/mol. The molecule has 1 aliphatic rings. The number of thiol groups is 1. The molecule has 2 N–H and O–H groups in total. The maximum Gasteiger partial charge on any atom is 0.220 e. The number of nitrogens with zero attached hydrogens (tertiary/aromatic N) is 1.